The van der Waals surface area contributed by atoms with Gasteiger partial charge in [-0.25, -0.2) is 9.21 Å². The minimum atomic E-state index is -0.352. The molecule has 0 saturated heterocycles. The van der Waals surface area contributed by atoms with Crippen molar-refractivity contribution in [3.63, 3.8) is 0 Å². The highest BCUT2D eigenvalue weighted by molar-refractivity contribution is 6.37. The summed E-state index contributed by atoms with van der Waals surface area (Å²) in [6.45, 7) is 2.12. The second-order valence-electron chi connectivity index (χ2n) is 6.75. The van der Waals surface area contributed by atoms with Gasteiger partial charge >= 0.3 is 6.03 Å². The van der Waals surface area contributed by atoms with Crippen molar-refractivity contribution in [2.45, 2.75) is 32.2 Å². The van der Waals surface area contributed by atoms with E-state index in [1.54, 1.807) is 12.1 Å². The third kappa shape index (κ3) is 5.25. The highest BCUT2D eigenvalue weighted by Gasteiger charge is 2.23. The van der Waals surface area contributed by atoms with E-state index in [2.05, 4.69) is 10.6 Å². The van der Waals surface area contributed by atoms with Gasteiger partial charge in [-0.2, -0.15) is 0 Å². The molecule has 0 saturated carbocycles. The van der Waals surface area contributed by atoms with E-state index < -0.39 is 0 Å². The zero-order valence-corrected chi connectivity index (χ0v) is 17.0. The van der Waals surface area contributed by atoms with Crippen LogP contribution in [0.4, 0.5) is 10.5 Å². The first-order valence-corrected chi connectivity index (χ1v) is 10.1. The fourth-order valence-corrected chi connectivity index (χ4v) is 3.63. The number of hydrogen-bond acceptors (Lipinski definition) is 3. The largest absolute Gasteiger partial charge is 0.337 e. The number of benzene rings is 2. The average Bonchev–Trinajstić information content (AvgIpc) is 2.71. The lowest BCUT2D eigenvalue weighted by Gasteiger charge is -2.24. The summed E-state index contributed by atoms with van der Waals surface area (Å²) >= 11 is 12.1. The van der Waals surface area contributed by atoms with E-state index >= 15 is 0 Å². The number of urea groups is 1. The molecule has 3 rings (SSSR count). The minimum absolute atomic E-state index is 0.108. The molecule has 0 radical (unpaired) electrons. The van der Waals surface area contributed by atoms with Gasteiger partial charge in [-0.1, -0.05) is 29.8 Å². The Labute approximate surface area is 175 Å². The molecule has 2 amide bonds. The molecule has 2 aromatic carbocycles. The first-order chi connectivity index (χ1) is 13.6. The SMILES string of the molecule is O=C(CCCCNCCc1ccccc1Cl)c1ccc2c(c1)CNC(=O)N2Cl. The number of carbonyl (C=O) groups excluding carboxylic acids is 2. The van der Waals surface area contributed by atoms with Crippen molar-refractivity contribution in [3.05, 3.63) is 64.2 Å². The Morgan fingerprint density at radius 2 is 1.96 bits per heavy atom. The van der Waals surface area contributed by atoms with Gasteiger partial charge in [0, 0.05) is 35.3 Å². The number of ketones is 1. The Morgan fingerprint density at radius 1 is 1.14 bits per heavy atom. The van der Waals surface area contributed by atoms with Crippen LogP contribution < -0.4 is 15.1 Å². The van der Waals surface area contributed by atoms with E-state index in [-0.39, 0.29) is 11.8 Å². The van der Waals surface area contributed by atoms with Gasteiger partial charge in [0.2, 0.25) is 0 Å². The lowest BCUT2D eigenvalue weighted by Crippen LogP contribution is -2.38. The standard InChI is InChI=1S/C21H23Cl2N3O2/c22-18-6-2-1-5-15(18)10-12-24-11-4-3-7-20(27)16-8-9-19-17(13-16)14-25-21(28)26(19)23/h1-2,5-6,8-9,13,24H,3-4,7,10-12,14H2,(H,25,28). The lowest BCUT2D eigenvalue weighted by molar-refractivity contribution is 0.0979. The molecule has 1 aliphatic heterocycles. The van der Waals surface area contributed by atoms with Crippen molar-refractivity contribution in [3.8, 4) is 0 Å². The number of halogens is 2. The van der Waals surface area contributed by atoms with E-state index in [1.165, 1.54) is 0 Å². The smallest absolute Gasteiger partial charge is 0.332 e. The fourth-order valence-electron chi connectivity index (χ4n) is 3.17. The third-order valence-electron chi connectivity index (χ3n) is 4.76. The van der Waals surface area contributed by atoms with Gasteiger partial charge in [0.05, 0.1) is 5.69 Å². The molecule has 0 aromatic heterocycles. The van der Waals surface area contributed by atoms with Crippen molar-refractivity contribution in [2.24, 2.45) is 0 Å². The van der Waals surface area contributed by atoms with Crippen LogP contribution in [0, 0.1) is 0 Å². The molecular formula is C21H23Cl2N3O2. The van der Waals surface area contributed by atoms with Gasteiger partial charge < -0.3 is 10.6 Å². The number of carbonyl (C=O) groups is 2. The van der Waals surface area contributed by atoms with E-state index in [0.29, 0.717) is 24.2 Å². The summed E-state index contributed by atoms with van der Waals surface area (Å²) in [5, 5.41) is 6.87. The molecule has 2 N–H and O–H groups in total. The van der Waals surface area contributed by atoms with Crippen LogP contribution in [0.2, 0.25) is 5.02 Å². The van der Waals surface area contributed by atoms with Gasteiger partial charge in [-0.3, -0.25) is 4.79 Å². The Bertz CT molecular complexity index is 857. The number of rotatable bonds is 9. The van der Waals surface area contributed by atoms with Crippen LogP contribution in [-0.2, 0) is 13.0 Å². The van der Waals surface area contributed by atoms with Crippen LogP contribution in [0.25, 0.3) is 0 Å². The first-order valence-electron chi connectivity index (χ1n) is 9.40. The Kier molecular flexibility index (Phi) is 7.31. The Hall–Kier alpha value is -2.08. The van der Waals surface area contributed by atoms with Crippen molar-refractivity contribution < 1.29 is 9.59 Å². The van der Waals surface area contributed by atoms with Crippen molar-refractivity contribution in [1.82, 2.24) is 10.6 Å². The Morgan fingerprint density at radius 3 is 2.79 bits per heavy atom. The minimum Gasteiger partial charge on any atom is -0.332 e. The summed E-state index contributed by atoms with van der Waals surface area (Å²) in [6.07, 6.45) is 3.15. The van der Waals surface area contributed by atoms with Crippen molar-refractivity contribution in [1.29, 1.82) is 0 Å². The van der Waals surface area contributed by atoms with Crippen LogP contribution in [0.3, 0.4) is 0 Å². The third-order valence-corrected chi connectivity index (χ3v) is 5.46. The summed E-state index contributed by atoms with van der Waals surface area (Å²) < 4.78 is 1.04. The molecule has 148 valence electrons. The van der Waals surface area contributed by atoms with Gasteiger partial charge in [0.15, 0.2) is 5.78 Å². The van der Waals surface area contributed by atoms with Crippen molar-refractivity contribution in [2.75, 3.05) is 17.5 Å². The summed E-state index contributed by atoms with van der Waals surface area (Å²) in [4.78, 5) is 23.9. The second-order valence-corrected chi connectivity index (χ2v) is 7.50. The molecule has 0 spiro atoms. The van der Waals surface area contributed by atoms with Gasteiger partial charge in [0.1, 0.15) is 0 Å². The van der Waals surface area contributed by atoms with Crippen LogP contribution >= 0.6 is 23.4 Å². The molecule has 0 unspecified atom stereocenters. The van der Waals surface area contributed by atoms with Crippen LogP contribution in [0.15, 0.2) is 42.5 Å². The predicted molar refractivity (Wildman–Crippen MR) is 113 cm³/mol. The van der Waals surface area contributed by atoms with Crippen LogP contribution in [0.5, 0.6) is 0 Å². The van der Waals surface area contributed by atoms with Gasteiger partial charge in [-0.05, 0) is 67.7 Å². The normalized spacial score (nSPS) is 13.2. The quantitative estimate of drug-likeness (QED) is 0.351. The summed E-state index contributed by atoms with van der Waals surface area (Å²) in [6, 6.07) is 12.8. The summed E-state index contributed by atoms with van der Waals surface area (Å²) in [5.74, 6) is 0.108. The van der Waals surface area contributed by atoms with E-state index in [9.17, 15) is 9.59 Å². The monoisotopic (exact) mass is 419 g/mol. The number of amides is 2. The topological polar surface area (TPSA) is 61.4 Å². The van der Waals surface area contributed by atoms with Crippen molar-refractivity contribution >= 4 is 40.9 Å². The fraction of sp³-hybridized carbons (Fsp3) is 0.333. The molecule has 1 aliphatic rings. The number of fused-ring (bicyclic) bond motifs is 1. The zero-order valence-electron chi connectivity index (χ0n) is 15.5. The number of nitrogens with zero attached hydrogens (tertiary/aromatic N) is 1. The predicted octanol–water partition coefficient (Wildman–Crippen LogP) is 4.71. The Balaban J connectivity index is 1.37. The van der Waals surface area contributed by atoms with Gasteiger partial charge in [-0.15, -0.1) is 0 Å². The number of Topliss-reactive ketones (excluding diaryl/α,β-unsaturated/α-hetero) is 1. The summed E-state index contributed by atoms with van der Waals surface area (Å²) in [7, 11) is 0. The molecular weight excluding hydrogens is 397 g/mol. The number of unbranched alkanes of at least 4 members (excludes halogenated alkanes) is 1. The zero-order chi connectivity index (χ0) is 19.9. The first kappa shape index (κ1) is 20.6. The maximum Gasteiger partial charge on any atom is 0.337 e. The molecule has 5 nitrogen and oxygen atoms in total. The lowest BCUT2D eigenvalue weighted by atomic mass is 10.0. The van der Waals surface area contributed by atoms with E-state index in [4.69, 9.17) is 23.4 Å². The second kappa shape index (κ2) is 9.92. The highest BCUT2D eigenvalue weighted by Crippen LogP contribution is 2.27. The van der Waals surface area contributed by atoms with E-state index in [0.717, 1.165) is 52.9 Å². The molecule has 1 heterocycles. The van der Waals surface area contributed by atoms with E-state index in [1.807, 2.05) is 30.3 Å². The van der Waals surface area contributed by atoms with Crippen LogP contribution in [0.1, 0.15) is 40.7 Å². The molecule has 0 atom stereocenters. The summed E-state index contributed by atoms with van der Waals surface area (Å²) in [5.41, 5.74) is 3.28. The molecule has 0 aliphatic carbocycles. The molecule has 2 aromatic rings. The number of nitrogens with one attached hydrogen (secondary N) is 2. The molecule has 0 bridgehead atoms. The van der Waals surface area contributed by atoms with Crippen LogP contribution in [-0.4, -0.2) is 24.9 Å². The maximum atomic E-state index is 12.4. The van der Waals surface area contributed by atoms with Gasteiger partial charge in [0.25, 0.3) is 0 Å². The number of anilines is 1. The maximum absolute atomic E-state index is 12.4. The molecule has 28 heavy (non-hydrogen) atoms. The average molecular weight is 420 g/mol. The highest BCUT2D eigenvalue weighted by atomic mass is 35.5. The molecule has 7 heteroatoms. The number of hydrogen-bond donors (Lipinski definition) is 2. The molecule has 0 fully saturated rings.